The van der Waals surface area contributed by atoms with Gasteiger partial charge in [0.2, 0.25) is 5.91 Å². The summed E-state index contributed by atoms with van der Waals surface area (Å²) in [6.45, 7) is 7.34. The zero-order valence-electron chi connectivity index (χ0n) is 17.8. The van der Waals surface area contributed by atoms with E-state index in [0.717, 1.165) is 62.4 Å². The third-order valence-corrected chi connectivity index (χ3v) is 5.97. The van der Waals surface area contributed by atoms with E-state index in [0.29, 0.717) is 13.0 Å². The van der Waals surface area contributed by atoms with Crippen molar-refractivity contribution in [2.75, 3.05) is 53.0 Å². The Labute approximate surface area is 201 Å². The number of carbonyl (C=O) groups excluding carboxylic acids is 1. The molecule has 2 N–H and O–H groups in total. The first kappa shape index (κ1) is 25.2. The number of ether oxygens (including phenoxy) is 1. The second-order valence-corrected chi connectivity index (χ2v) is 7.87. The highest BCUT2D eigenvalue weighted by Gasteiger charge is 2.27. The maximum atomic E-state index is 11.9. The van der Waals surface area contributed by atoms with E-state index < -0.39 is 0 Å². The fourth-order valence-corrected chi connectivity index (χ4v) is 4.24. The van der Waals surface area contributed by atoms with Gasteiger partial charge in [-0.25, -0.2) is 0 Å². The summed E-state index contributed by atoms with van der Waals surface area (Å²) in [6, 6.07) is 8.37. The molecule has 2 aliphatic heterocycles. The van der Waals surface area contributed by atoms with Gasteiger partial charge in [-0.1, -0.05) is 36.7 Å². The Bertz CT molecular complexity index is 714. The summed E-state index contributed by atoms with van der Waals surface area (Å²) in [4.78, 5) is 20.6. The zero-order chi connectivity index (χ0) is 20.6. The minimum absolute atomic E-state index is 0. The highest BCUT2D eigenvalue weighted by Crippen LogP contribution is 2.27. The molecule has 0 radical (unpaired) electrons. The number of likely N-dealkylation sites (tertiary alicyclic amines) is 1. The fourth-order valence-electron chi connectivity index (χ4n) is 3.98. The van der Waals surface area contributed by atoms with Crippen molar-refractivity contribution in [2.24, 2.45) is 4.99 Å². The molecule has 3 rings (SSSR count). The molecule has 168 valence electrons. The van der Waals surface area contributed by atoms with Crippen LogP contribution in [-0.4, -0.2) is 80.7 Å². The number of carbonyl (C=O) groups is 1. The first-order valence-electron chi connectivity index (χ1n) is 10.4. The lowest BCUT2D eigenvalue weighted by Crippen LogP contribution is -2.49. The molecular formula is C21H33ClIN5O2. The Morgan fingerprint density at radius 1 is 1.30 bits per heavy atom. The lowest BCUT2D eigenvalue weighted by Gasteiger charge is -2.35. The van der Waals surface area contributed by atoms with Gasteiger partial charge in [-0.15, -0.1) is 24.0 Å². The number of nitrogens with one attached hydrogen (secondary N) is 2. The molecule has 2 fully saturated rings. The second-order valence-electron chi connectivity index (χ2n) is 7.46. The topological polar surface area (TPSA) is 69.2 Å². The molecule has 2 unspecified atom stereocenters. The number of morpholine rings is 1. The SMILES string of the molecule is CCC(=O)N1CCC(NC(=NC)NCC(c2ccccc2Cl)N2CCOCC2)C1.I. The molecule has 2 atom stereocenters. The molecule has 9 heteroatoms. The summed E-state index contributed by atoms with van der Waals surface area (Å²) >= 11 is 6.52. The first-order chi connectivity index (χ1) is 14.1. The van der Waals surface area contributed by atoms with Gasteiger partial charge in [0.1, 0.15) is 0 Å². The minimum atomic E-state index is 0. The van der Waals surface area contributed by atoms with Crippen LogP contribution in [0.5, 0.6) is 0 Å². The summed E-state index contributed by atoms with van der Waals surface area (Å²) in [5, 5.41) is 7.72. The molecule has 0 aromatic heterocycles. The lowest BCUT2D eigenvalue weighted by molar-refractivity contribution is -0.129. The van der Waals surface area contributed by atoms with Crippen molar-refractivity contribution in [3.63, 3.8) is 0 Å². The van der Waals surface area contributed by atoms with E-state index in [1.54, 1.807) is 7.05 Å². The number of halogens is 2. The Hall–Kier alpha value is -1.10. The Morgan fingerprint density at radius 3 is 2.70 bits per heavy atom. The van der Waals surface area contributed by atoms with E-state index in [-0.39, 0.29) is 42.0 Å². The third-order valence-electron chi connectivity index (χ3n) is 5.62. The van der Waals surface area contributed by atoms with Crippen LogP contribution in [0.25, 0.3) is 0 Å². The molecule has 0 bridgehead atoms. The number of hydrogen-bond acceptors (Lipinski definition) is 4. The van der Waals surface area contributed by atoms with Crippen LogP contribution in [0, 0.1) is 0 Å². The van der Waals surface area contributed by atoms with E-state index in [9.17, 15) is 4.79 Å². The molecule has 7 nitrogen and oxygen atoms in total. The average molecular weight is 550 g/mol. The molecule has 1 amide bonds. The maximum Gasteiger partial charge on any atom is 0.222 e. The predicted octanol–water partition coefficient (Wildman–Crippen LogP) is 2.51. The number of aliphatic imine (C=N–C) groups is 1. The van der Waals surface area contributed by atoms with Crippen molar-refractivity contribution in [2.45, 2.75) is 31.8 Å². The summed E-state index contributed by atoms with van der Waals surface area (Å²) in [7, 11) is 1.78. The predicted molar refractivity (Wildman–Crippen MR) is 132 cm³/mol. The quantitative estimate of drug-likeness (QED) is 0.324. The van der Waals surface area contributed by atoms with Crippen LogP contribution in [0.3, 0.4) is 0 Å². The highest BCUT2D eigenvalue weighted by molar-refractivity contribution is 14.0. The Balaban J connectivity index is 0.00000320. The monoisotopic (exact) mass is 549 g/mol. The van der Waals surface area contributed by atoms with Crippen LogP contribution in [0.4, 0.5) is 0 Å². The standard InChI is InChI=1S/C21H32ClN5O2.HI/c1-3-20(28)27-9-8-16(15-27)25-21(23-2)24-14-19(26-10-12-29-13-11-26)17-6-4-5-7-18(17)22;/h4-7,16,19H,3,8-15H2,1-2H3,(H2,23,24,25);1H. The van der Waals surface area contributed by atoms with Crippen molar-refractivity contribution in [1.82, 2.24) is 20.4 Å². The van der Waals surface area contributed by atoms with Gasteiger partial charge >= 0.3 is 0 Å². The number of nitrogens with zero attached hydrogens (tertiary/aromatic N) is 3. The molecule has 30 heavy (non-hydrogen) atoms. The third kappa shape index (κ3) is 6.70. The summed E-state index contributed by atoms with van der Waals surface area (Å²) in [6.07, 6.45) is 1.49. The molecule has 1 aromatic rings. The number of guanidine groups is 1. The van der Waals surface area contributed by atoms with Crippen LogP contribution in [0.2, 0.25) is 5.02 Å². The van der Waals surface area contributed by atoms with Gasteiger partial charge in [0.05, 0.1) is 19.3 Å². The molecule has 2 saturated heterocycles. The largest absolute Gasteiger partial charge is 0.379 e. The van der Waals surface area contributed by atoms with Crippen LogP contribution in [-0.2, 0) is 9.53 Å². The summed E-state index contributed by atoms with van der Waals surface area (Å²) < 4.78 is 5.53. The van der Waals surface area contributed by atoms with Gasteiger partial charge in [-0.05, 0) is 18.1 Å². The van der Waals surface area contributed by atoms with Gasteiger partial charge in [0, 0.05) is 57.3 Å². The van der Waals surface area contributed by atoms with E-state index in [1.807, 2.05) is 30.0 Å². The van der Waals surface area contributed by atoms with Crippen LogP contribution in [0.15, 0.2) is 29.3 Å². The van der Waals surface area contributed by atoms with Crippen molar-refractivity contribution in [3.8, 4) is 0 Å². The van der Waals surface area contributed by atoms with Crippen LogP contribution >= 0.6 is 35.6 Å². The molecule has 2 aliphatic rings. The number of rotatable bonds is 6. The van der Waals surface area contributed by atoms with Crippen molar-refractivity contribution < 1.29 is 9.53 Å². The molecule has 1 aromatic carbocycles. The lowest BCUT2D eigenvalue weighted by atomic mass is 10.0. The van der Waals surface area contributed by atoms with Gasteiger partial charge in [-0.3, -0.25) is 14.7 Å². The normalized spacial score (nSPS) is 21.1. The van der Waals surface area contributed by atoms with E-state index in [1.165, 1.54) is 0 Å². The highest BCUT2D eigenvalue weighted by atomic mass is 127. The van der Waals surface area contributed by atoms with Crippen molar-refractivity contribution >= 4 is 47.4 Å². The van der Waals surface area contributed by atoms with Gasteiger partial charge in [-0.2, -0.15) is 0 Å². The first-order valence-corrected chi connectivity index (χ1v) is 10.8. The molecule has 0 spiro atoms. The summed E-state index contributed by atoms with van der Waals surface area (Å²) in [5.41, 5.74) is 1.11. The van der Waals surface area contributed by atoms with Gasteiger partial charge in [0.25, 0.3) is 0 Å². The minimum Gasteiger partial charge on any atom is -0.379 e. The van der Waals surface area contributed by atoms with E-state index >= 15 is 0 Å². The van der Waals surface area contributed by atoms with Gasteiger partial charge in [0.15, 0.2) is 5.96 Å². The number of amides is 1. The average Bonchev–Trinajstić information content (AvgIpc) is 3.23. The molecule has 0 aliphatic carbocycles. The number of hydrogen-bond donors (Lipinski definition) is 2. The fraction of sp³-hybridized carbons (Fsp3) is 0.619. The Morgan fingerprint density at radius 2 is 2.03 bits per heavy atom. The number of benzene rings is 1. The smallest absolute Gasteiger partial charge is 0.222 e. The zero-order valence-corrected chi connectivity index (χ0v) is 20.9. The molecule has 2 heterocycles. The van der Waals surface area contributed by atoms with Gasteiger partial charge < -0.3 is 20.3 Å². The second kappa shape index (κ2) is 12.7. The maximum absolute atomic E-state index is 11.9. The molecular weight excluding hydrogens is 517 g/mol. The molecule has 0 saturated carbocycles. The van der Waals surface area contributed by atoms with Crippen LogP contribution < -0.4 is 10.6 Å². The van der Waals surface area contributed by atoms with Crippen molar-refractivity contribution in [1.29, 1.82) is 0 Å². The van der Waals surface area contributed by atoms with Crippen LogP contribution in [0.1, 0.15) is 31.4 Å². The Kier molecular flexibility index (Phi) is 10.6. The van der Waals surface area contributed by atoms with E-state index in [4.69, 9.17) is 16.3 Å². The van der Waals surface area contributed by atoms with Crippen molar-refractivity contribution in [3.05, 3.63) is 34.9 Å². The summed E-state index contributed by atoms with van der Waals surface area (Å²) in [5.74, 6) is 0.967. The van der Waals surface area contributed by atoms with E-state index in [2.05, 4.69) is 26.6 Å².